The minimum absolute atomic E-state index is 0.187. The average molecular weight is 275 g/mol. The Morgan fingerprint density at radius 3 is 2.95 bits per heavy atom. The number of amides is 1. The van der Waals surface area contributed by atoms with Gasteiger partial charge in [0.2, 0.25) is 5.91 Å². The molecule has 0 unspecified atom stereocenters. The van der Waals surface area contributed by atoms with Crippen LogP contribution in [0.4, 0.5) is 0 Å². The topological polar surface area (TPSA) is 69.6 Å². The fraction of sp³-hybridized carbons (Fsp3) is 0.467. The number of aryl methyl sites for hydroxylation is 1. The second-order valence-electron chi connectivity index (χ2n) is 4.91. The van der Waals surface area contributed by atoms with Crippen LogP contribution in [0.15, 0.2) is 18.3 Å². The molecule has 0 atom stereocenters. The number of carbonyl (C=O) groups excluding carboxylic acids is 1. The number of nitrogens with zero attached hydrogens (tertiary/aromatic N) is 2. The summed E-state index contributed by atoms with van der Waals surface area (Å²) in [4.78, 5) is 15.6. The van der Waals surface area contributed by atoms with Crippen LogP contribution in [-0.4, -0.2) is 21.9 Å². The first-order valence-corrected chi connectivity index (χ1v) is 7.01. The Bertz CT molecular complexity index is 604. The minimum atomic E-state index is -0.357. The van der Waals surface area contributed by atoms with E-state index in [9.17, 15) is 4.79 Å². The molecule has 5 nitrogen and oxygen atoms in total. The number of pyridine rings is 1. The van der Waals surface area contributed by atoms with E-state index >= 15 is 0 Å². The number of rotatable bonds is 7. The third-order valence-electron chi connectivity index (χ3n) is 3.26. The first-order chi connectivity index (χ1) is 9.63. The Hall–Kier alpha value is -2.04. The summed E-state index contributed by atoms with van der Waals surface area (Å²) < 4.78 is 7.68. The molecule has 2 aromatic heterocycles. The minimum Gasteiger partial charge on any atom is -0.490 e. The summed E-state index contributed by atoms with van der Waals surface area (Å²) in [6.07, 6.45) is 5.42. The largest absolute Gasteiger partial charge is 0.490 e. The number of carbonyl (C=O) groups is 1. The van der Waals surface area contributed by atoms with Crippen LogP contribution in [0, 0.1) is 6.92 Å². The summed E-state index contributed by atoms with van der Waals surface area (Å²) in [7, 11) is 0. The van der Waals surface area contributed by atoms with Gasteiger partial charge in [-0.25, -0.2) is 4.98 Å². The van der Waals surface area contributed by atoms with Gasteiger partial charge in [-0.1, -0.05) is 19.8 Å². The van der Waals surface area contributed by atoms with Crippen molar-refractivity contribution >= 4 is 11.6 Å². The van der Waals surface area contributed by atoms with Crippen molar-refractivity contribution in [3.05, 3.63) is 29.7 Å². The molecule has 20 heavy (non-hydrogen) atoms. The van der Waals surface area contributed by atoms with Crippen molar-refractivity contribution in [3.8, 4) is 5.75 Å². The molecule has 2 aromatic rings. The predicted octanol–water partition coefficient (Wildman–Crippen LogP) is 2.24. The summed E-state index contributed by atoms with van der Waals surface area (Å²) in [5.74, 6) is 0.395. The average Bonchev–Trinajstić information content (AvgIpc) is 2.72. The molecule has 0 saturated carbocycles. The maximum Gasteiger partial charge on any atom is 0.223 e. The Kier molecular flexibility index (Phi) is 4.61. The fourth-order valence-electron chi connectivity index (χ4n) is 2.23. The second kappa shape index (κ2) is 6.41. The van der Waals surface area contributed by atoms with Gasteiger partial charge in [0.05, 0.1) is 24.4 Å². The van der Waals surface area contributed by atoms with Gasteiger partial charge in [-0.3, -0.25) is 4.79 Å². The van der Waals surface area contributed by atoms with Gasteiger partial charge in [0.15, 0.2) is 11.4 Å². The van der Waals surface area contributed by atoms with Crippen molar-refractivity contribution in [3.63, 3.8) is 0 Å². The molecular weight excluding hydrogens is 254 g/mol. The summed E-state index contributed by atoms with van der Waals surface area (Å²) in [5, 5.41) is 0. The van der Waals surface area contributed by atoms with Crippen LogP contribution in [0.3, 0.4) is 0 Å². The third-order valence-corrected chi connectivity index (χ3v) is 3.26. The zero-order valence-electron chi connectivity index (χ0n) is 12.1. The van der Waals surface area contributed by atoms with E-state index in [0.29, 0.717) is 6.61 Å². The van der Waals surface area contributed by atoms with Gasteiger partial charge < -0.3 is 14.9 Å². The molecule has 0 bridgehead atoms. The lowest BCUT2D eigenvalue weighted by Gasteiger charge is -2.07. The standard InChI is InChI=1S/C15H21N3O2/c1-3-4-5-9-20-13-7-6-8-18-12(10-14(16)19)11(2)17-15(13)18/h6-8H,3-5,9-10H2,1-2H3,(H2,16,19). The van der Waals surface area contributed by atoms with Crippen LogP contribution in [-0.2, 0) is 11.2 Å². The normalized spacial score (nSPS) is 10.9. The number of primary amides is 1. The smallest absolute Gasteiger partial charge is 0.223 e. The number of hydrogen-bond donors (Lipinski definition) is 1. The second-order valence-corrected chi connectivity index (χ2v) is 4.91. The molecular formula is C15H21N3O2. The number of hydrogen-bond acceptors (Lipinski definition) is 3. The number of aromatic nitrogens is 2. The SMILES string of the molecule is CCCCCOc1cccn2c(CC(N)=O)c(C)nc12. The molecule has 0 aliphatic carbocycles. The predicted molar refractivity (Wildman–Crippen MR) is 77.8 cm³/mol. The number of fused-ring (bicyclic) bond motifs is 1. The highest BCUT2D eigenvalue weighted by atomic mass is 16.5. The molecule has 5 heteroatoms. The molecule has 0 radical (unpaired) electrons. The molecule has 0 saturated heterocycles. The van der Waals surface area contributed by atoms with E-state index < -0.39 is 0 Å². The zero-order chi connectivity index (χ0) is 14.5. The number of imidazole rings is 1. The zero-order valence-corrected chi connectivity index (χ0v) is 12.1. The van der Waals surface area contributed by atoms with Gasteiger partial charge >= 0.3 is 0 Å². The summed E-state index contributed by atoms with van der Waals surface area (Å²) >= 11 is 0. The molecule has 0 fully saturated rings. The first kappa shape index (κ1) is 14.4. The van der Waals surface area contributed by atoms with Crippen LogP contribution in [0.2, 0.25) is 0 Å². The maximum absolute atomic E-state index is 11.1. The molecule has 0 spiro atoms. The Labute approximate surface area is 118 Å². The highest BCUT2D eigenvalue weighted by Gasteiger charge is 2.13. The van der Waals surface area contributed by atoms with Crippen LogP contribution in [0.1, 0.15) is 37.6 Å². The molecule has 0 aliphatic heterocycles. The summed E-state index contributed by atoms with van der Waals surface area (Å²) in [6, 6.07) is 3.80. The van der Waals surface area contributed by atoms with E-state index in [2.05, 4.69) is 11.9 Å². The first-order valence-electron chi connectivity index (χ1n) is 7.01. The number of ether oxygens (including phenoxy) is 1. The fourth-order valence-corrected chi connectivity index (χ4v) is 2.23. The van der Waals surface area contributed by atoms with Gasteiger partial charge in [-0.2, -0.15) is 0 Å². The highest BCUT2D eigenvalue weighted by molar-refractivity contribution is 5.77. The number of nitrogens with two attached hydrogens (primary N) is 1. The van der Waals surface area contributed by atoms with Crippen LogP contribution >= 0.6 is 0 Å². The molecule has 2 heterocycles. The molecule has 108 valence electrons. The Morgan fingerprint density at radius 1 is 1.45 bits per heavy atom. The third kappa shape index (κ3) is 3.10. The van der Waals surface area contributed by atoms with E-state index in [4.69, 9.17) is 10.5 Å². The highest BCUT2D eigenvalue weighted by Crippen LogP contribution is 2.22. The molecule has 0 aliphatic rings. The lowest BCUT2D eigenvalue weighted by atomic mass is 10.2. The van der Waals surface area contributed by atoms with Crippen molar-refractivity contribution in [2.45, 2.75) is 39.5 Å². The van der Waals surface area contributed by atoms with Gasteiger partial charge in [0, 0.05) is 6.20 Å². The van der Waals surface area contributed by atoms with E-state index in [1.165, 1.54) is 6.42 Å². The van der Waals surface area contributed by atoms with E-state index in [-0.39, 0.29) is 12.3 Å². The molecule has 0 aromatic carbocycles. The van der Waals surface area contributed by atoms with Crippen molar-refractivity contribution in [2.75, 3.05) is 6.61 Å². The van der Waals surface area contributed by atoms with Crippen LogP contribution < -0.4 is 10.5 Å². The van der Waals surface area contributed by atoms with E-state index in [0.717, 1.165) is 35.6 Å². The lowest BCUT2D eigenvalue weighted by Crippen LogP contribution is -2.15. The van der Waals surface area contributed by atoms with Crippen molar-refractivity contribution in [2.24, 2.45) is 5.73 Å². The molecule has 2 rings (SSSR count). The maximum atomic E-state index is 11.1. The van der Waals surface area contributed by atoms with Crippen molar-refractivity contribution < 1.29 is 9.53 Å². The molecule has 1 amide bonds. The van der Waals surface area contributed by atoms with Crippen LogP contribution in [0.5, 0.6) is 5.75 Å². The number of unbranched alkanes of at least 4 members (excludes halogenated alkanes) is 2. The Morgan fingerprint density at radius 2 is 2.25 bits per heavy atom. The lowest BCUT2D eigenvalue weighted by molar-refractivity contribution is -0.117. The van der Waals surface area contributed by atoms with Gasteiger partial charge in [-0.15, -0.1) is 0 Å². The quantitative estimate of drug-likeness (QED) is 0.788. The monoisotopic (exact) mass is 275 g/mol. The van der Waals surface area contributed by atoms with Gasteiger partial charge in [0.25, 0.3) is 0 Å². The van der Waals surface area contributed by atoms with E-state index in [1.807, 2.05) is 29.7 Å². The van der Waals surface area contributed by atoms with E-state index in [1.54, 1.807) is 0 Å². The van der Waals surface area contributed by atoms with Crippen LogP contribution in [0.25, 0.3) is 5.65 Å². The Balaban J connectivity index is 2.26. The van der Waals surface area contributed by atoms with Crippen molar-refractivity contribution in [1.82, 2.24) is 9.38 Å². The summed E-state index contributed by atoms with van der Waals surface area (Å²) in [6.45, 7) is 4.73. The van der Waals surface area contributed by atoms with Gasteiger partial charge in [-0.05, 0) is 25.5 Å². The van der Waals surface area contributed by atoms with Crippen molar-refractivity contribution in [1.29, 1.82) is 0 Å². The van der Waals surface area contributed by atoms with Gasteiger partial charge in [0.1, 0.15) is 0 Å². The molecule has 2 N–H and O–H groups in total. The summed E-state index contributed by atoms with van der Waals surface area (Å²) in [5.41, 5.74) is 7.67.